The summed E-state index contributed by atoms with van der Waals surface area (Å²) in [5, 5.41) is 12.2. The molecule has 1 fully saturated rings. The minimum Gasteiger partial charge on any atom is -0.481 e. The summed E-state index contributed by atoms with van der Waals surface area (Å²) >= 11 is 1.59. The minimum absolute atomic E-state index is 0.0622. The number of thiazole rings is 1. The first-order chi connectivity index (χ1) is 8.59. The average Bonchev–Trinajstić information content (AvgIpc) is 2.78. The monoisotopic (exact) mass is 269 g/mol. The fourth-order valence-corrected chi connectivity index (χ4v) is 3.36. The number of hydrogen-bond acceptors (Lipinski definition) is 4. The van der Waals surface area contributed by atoms with Crippen molar-refractivity contribution in [3.05, 3.63) is 16.1 Å². The molecular formula is C13H19NO3S. The van der Waals surface area contributed by atoms with E-state index in [9.17, 15) is 9.90 Å². The Hall–Kier alpha value is -0.940. The van der Waals surface area contributed by atoms with Crippen molar-refractivity contribution in [2.45, 2.75) is 38.5 Å². The number of aromatic nitrogens is 1. The van der Waals surface area contributed by atoms with Crippen LogP contribution in [0.3, 0.4) is 0 Å². The molecule has 1 aliphatic rings. The molecule has 0 amide bonds. The Morgan fingerprint density at radius 1 is 1.50 bits per heavy atom. The molecule has 1 aromatic heterocycles. The van der Waals surface area contributed by atoms with Gasteiger partial charge in [0.05, 0.1) is 10.7 Å². The standard InChI is InChI=1S/C13H19NO3S/c1-8(2)11(13(15)16)10-7-18-12(14-10)9-3-5-17-6-4-9/h7-9,11H,3-6H2,1-2H3,(H,15,16). The second-order valence-corrected chi connectivity index (χ2v) is 5.95. The summed E-state index contributed by atoms with van der Waals surface area (Å²) in [6, 6.07) is 0. The van der Waals surface area contributed by atoms with Crippen LogP contribution in [0.1, 0.15) is 49.2 Å². The first kappa shape index (κ1) is 13.5. The Balaban J connectivity index is 2.15. The van der Waals surface area contributed by atoms with Crippen LogP contribution >= 0.6 is 11.3 Å². The van der Waals surface area contributed by atoms with Gasteiger partial charge in [0, 0.05) is 24.5 Å². The number of carbonyl (C=O) groups is 1. The summed E-state index contributed by atoms with van der Waals surface area (Å²) in [6.45, 7) is 5.41. The summed E-state index contributed by atoms with van der Waals surface area (Å²) < 4.78 is 5.33. The average molecular weight is 269 g/mol. The van der Waals surface area contributed by atoms with Crippen LogP contribution in [-0.2, 0) is 9.53 Å². The summed E-state index contributed by atoms with van der Waals surface area (Å²) in [5.41, 5.74) is 0.712. The SMILES string of the molecule is CC(C)C(C(=O)O)c1csc(C2CCOCC2)n1. The zero-order chi connectivity index (χ0) is 13.1. The van der Waals surface area contributed by atoms with Gasteiger partial charge in [-0.25, -0.2) is 4.98 Å². The molecular weight excluding hydrogens is 250 g/mol. The van der Waals surface area contributed by atoms with E-state index < -0.39 is 11.9 Å². The van der Waals surface area contributed by atoms with Crippen molar-refractivity contribution in [3.8, 4) is 0 Å². The fourth-order valence-electron chi connectivity index (χ4n) is 2.33. The first-order valence-electron chi connectivity index (χ1n) is 6.35. The minimum atomic E-state index is -0.783. The second kappa shape index (κ2) is 5.80. The maximum Gasteiger partial charge on any atom is 0.312 e. The van der Waals surface area contributed by atoms with Gasteiger partial charge in [-0.2, -0.15) is 0 Å². The van der Waals surface area contributed by atoms with E-state index >= 15 is 0 Å². The molecule has 1 saturated heterocycles. The first-order valence-corrected chi connectivity index (χ1v) is 7.23. The molecule has 1 N–H and O–H groups in total. The number of rotatable bonds is 4. The molecule has 1 unspecified atom stereocenters. The van der Waals surface area contributed by atoms with E-state index in [0.29, 0.717) is 11.6 Å². The molecule has 0 aliphatic carbocycles. The molecule has 1 aliphatic heterocycles. The van der Waals surface area contributed by atoms with E-state index in [1.807, 2.05) is 19.2 Å². The van der Waals surface area contributed by atoms with E-state index in [0.717, 1.165) is 31.1 Å². The Morgan fingerprint density at radius 3 is 2.72 bits per heavy atom. The zero-order valence-corrected chi connectivity index (χ0v) is 11.6. The largest absolute Gasteiger partial charge is 0.481 e. The number of aliphatic carboxylic acids is 1. The van der Waals surface area contributed by atoms with Crippen molar-refractivity contribution in [3.63, 3.8) is 0 Å². The number of nitrogens with zero attached hydrogens (tertiary/aromatic N) is 1. The van der Waals surface area contributed by atoms with Gasteiger partial charge >= 0.3 is 5.97 Å². The highest BCUT2D eigenvalue weighted by Crippen LogP contribution is 2.33. The lowest BCUT2D eigenvalue weighted by Gasteiger charge is -2.20. The highest BCUT2D eigenvalue weighted by Gasteiger charge is 2.27. The summed E-state index contributed by atoms with van der Waals surface area (Å²) in [4.78, 5) is 15.8. The van der Waals surface area contributed by atoms with Gasteiger partial charge in [-0.3, -0.25) is 4.79 Å². The Labute approximate surface area is 111 Å². The molecule has 5 heteroatoms. The molecule has 0 saturated carbocycles. The molecule has 4 nitrogen and oxygen atoms in total. The number of carboxylic acids is 1. The third kappa shape index (κ3) is 2.90. The van der Waals surface area contributed by atoms with E-state index in [4.69, 9.17) is 4.74 Å². The highest BCUT2D eigenvalue weighted by atomic mass is 32.1. The third-order valence-corrected chi connectivity index (χ3v) is 4.39. The van der Waals surface area contributed by atoms with Crippen molar-refractivity contribution >= 4 is 17.3 Å². The van der Waals surface area contributed by atoms with E-state index in [1.165, 1.54) is 0 Å². The van der Waals surface area contributed by atoms with E-state index in [2.05, 4.69) is 4.98 Å². The van der Waals surface area contributed by atoms with Gasteiger partial charge < -0.3 is 9.84 Å². The normalized spacial score (nSPS) is 19.1. The lowest BCUT2D eigenvalue weighted by atomic mass is 9.93. The Bertz CT molecular complexity index is 410. The van der Waals surface area contributed by atoms with Crippen molar-refractivity contribution < 1.29 is 14.6 Å². The fraction of sp³-hybridized carbons (Fsp3) is 0.692. The van der Waals surface area contributed by atoms with Crippen molar-refractivity contribution in [2.24, 2.45) is 5.92 Å². The maximum atomic E-state index is 11.3. The van der Waals surface area contributed by atoms with E-state index in [1.54, 1.807) is 11.3 Å². The Morgan fingerprint density at radius 2 is 2.17 bits per heavy atom. The molecule has 0 aromatic carbocycles. The molecule has 1 aromatic rings. The van der Waals surface area contributed by atoms with Crippen LogP contribution in [0.4, 0.5) is 0 Å². The van der Waals surface area contributed by atoms with Crippen molar-refractivity contribution in [2.75, 3.05) is 13.2 Å². The quantitative estimate of drug-likeness (QED) is 0.913. The van der Waals surface area contributed by atoms with Crippen LogP contribution < -0.4 is 0 Å². The predicted octanol–water partition coefficient (Wildman–Crippen LogP) is 2.86. The van der Waals surface area contributed by atoms with Crippen LogP contribution in [0.5, 0.6) is 0 Å². The van der Waals surface area contributed by atoms with Gasteiger partial charge in [0.2, 0.25) is 0 Å². The van der Waals surface area contributed by atoms with Gasteiger partial charge in [0.15, 0.2) is 0 Å². The van der Waals surface area contributed by atoms with Crippen LogP contribution in [-0.4, -0.2) is 29.3 Å². The van der Waals surface area contributed by atoms with Gasteiger partial charge in [-0.05, 0) is 18.8 Å². The smallest absolute Gasteiger partial charge is 0.312 e. The molecule has 0 spiro atoms. The maximum absolute atomic E-state index is 11.3. The highest BCUT2D eigenvalue weighted by molar-refractivity contribution is 7.09. The van der Waals surface area contributed by atoms with Crippen LogP contribution in [0.25, 0.3) is 0 Å². The summed E-state index contributed by atoms with van der Waals surface area (Å²) in [6.07, 6.45) is 1.98. The van der Waals surface area contributed by atoms with Crippen LogP contribution in [0, 0.1) is 5.92 Å². The van der Waals surface area contributed by atoms with Gasteiger partial charge in [-0.15, -0.1) is 11.3 Å². The van der Waals surface area contributed by atoms with E-state index in [-0.39, 0.29) is 5.92 Å². The van der Waals surface area contributed by atoms with Crippen molar-refractivity contribution in [1.82, 2.24) is 4.98 Å². The molecule has 18 heavy (non-hydrogen) atoms. The summed E-state index contributed by atoms with van der Waals surface area (Å²) in [5.74, 6) is -0.769. The lowest BCUT2D eigenvalue weighted by Crippen LogP contribution is -2.18. The van der Waals surface area contributed by atoms with Gasteiger partial charge in [0.1, 0.15) is 5.92 Å². The summed E-state index contributed by atoms with van der Waals surface area (Å²) in [7, 11) is 0. The number of hydrogen-bond donors (Lipinski definition) is 1. The van der Waals surface area contributed by atoms with Gasteiger partial charge in [-0.1, -0.05) is 13.8 Å². The van der Waals surface area contributed by atoms with Crippen molar-refractivity contribution in [1.29, 1.82) is 0 Å². The molecule has 1 atom stereocenters. The number of ether oxygens (including phenoxy) is 1. The van der Waals surface area contributed by atoms with Gasteiger partial charge in [0.25, 0.3) is 0 Å². The molecule has 100 valence electrons. The molecule has 0 radical (unpaired) electrons. The van der Waals surface area contributed by atoms with Crippen LogP contribution in [0.2, 0.25) is 0 Å². The topological polar surface area (TPSA) is 59.4 Å². The molecule has 0 bridgehead atoms. The molecule has 2 rings (SSSR count). The Kier molecular flexibility index (Phi) is 4.35. The predicted molar refractivity (Wildman–Crippen MR) is 70.1 cm³/mol. The molecule has 2 heterocycles. The lowest BCUT2D eigenvalue weighted by molar-refractivity contribution is -0.139. The third-order valence-electron chi connectivity index (χ3n) is 3.36. The number of carboxylic acid groups (broad SMARTS) is 1. The second-order valence-electron chi connectivity index (χ2n) is 5.06. The van der Waals surface area contributed by atoms with Crippen LogP contribution in [0.15, 0.2) is 5.38 Å². The zero-order valence-electron chi connectivity index (χ0n) is 10.8.